The molecule has 3 aromatic rings. The number of hydrogen-bond donors (Lipinski definition) is 4. The number of carbonyl (C=O) groups is 2. The number of fused-ring (bicyclic) bond motifs is 8. The monoisotopic (exact) mass is 682 g/mol. The van der Waals surface area contributed by atoms with E-state index in [1.807, 2.05) is 52.0 Å². The van der Waals surface area contributed by atoms with E-state index in [4.69, 9.17) is 32.6 Å². The number of aromatic nitrogens is 4. The van der Waals surface area contributed by atoms with Gasteiger partial charge < -0.3 is 20.2 Å². The van der Waals surface area contributed by atoms with Crippen molar-refractivity contribution in [2.24, 2.45) is 0 Å². The SMILES string of the molecule is CC1=C(/C=C/C(=O)O)c2cc3[n-]c(cc4nc(cc5[n-]c(cc1n2)c(CCS)c5C)C([C@H](C)S)=C4C)c(C)c3CCC(=O)O.[Fe+2]. The molecule has 5 rings (SSSR count). The number of aryl methyl sites for hydroxylation is 4. The molecule has 234 valence electrons. The first-order valence-corrected chi connectivity index (χ1v) is 15.5. The molecule has 3 aromatic heterocycles. The Hall–Kier alpha value is -3.50. The average molecular weight is 683 g/mol. The van der Waals surface area contributed by atoms with Gasteiger partial charge in [0.1, 0.15) is 0 Å². The zero-order valence-corrected chi connectivity index (χ0v) is 28.5. The third kappa shape index (κ3) is 6.87. The van der Waals surface area contributed by atoms with E-state index >= 15 is 0 Å². The summed E-state index contributed by atoms with van der Waals surface area (Å²) >= 11 is 9.29. The van der Waals surface area contributed by atoms with Crippen LogP contribution < -0.4 is 9.97 Å². The van der Waals surface area contributed by atoms with E-state index in [0.29, 0.717) is 40.2 Å². The van der Waals surface area contributed by atoms with Gasteiger partial charge in [-0.2, -0.15) is 25.3 Å². The van der Waals surface area contributed by atoms with Crippen LogP contribution in [0.15, 0.2) is 36.4 Å². The maximum absolute atomic E-state index is 11.6. The maximum Gasteiger partial charge on any atom is 2.00 e. The minimum absolute atomic E-state index is 0. The molecular weight excluding hydrogens is 648 g/mol. The number of rotatable bonds is 8. The fraction of sp³-hybridized carbons (Fsp3) is 0.294. The Morgan fingerprint density at radius 1 is 0.822 bits per heavy atom. The van der Waals surface area contributed by atoms with Crippen LogP contribution in [0, 0.1) is 13.8 Å². The second-order valence-corrected chi connectivity index (χ2v) is 12.3. The van der Waals surface area contributed by atoms with Crippen molar-refractivity contribution in [2.75, 3.05) is 5.75 Å². The molecule has 0 saturated heterocycles. The summed E-state index contributed by atoms with van der Waals surface area (Å²) in [5.41, 5.74) is 12.8. The second kappa shape index (κ2) is 13.9. The summed E-state index contributed by atoms with van der Waals surface area (Å²) in [6, 6.07) is 7.69. The molecular formula is C34H34FeN4O4S2. The van der Waals surface area contributed by atoms with Crippen LogP contribution in [0.1, 0.15) is 72.2 Å². The van der Waals surface area contributed by atoms with Crippen LogP contribution in [0.2, 0.25) is 0 Å². The minimum atomic E-state index is -1.07. The van der Waals surface area contributed by atoms with Crippen molar-refractivity contribution in [3.63, 3.8) is 0 Å². The smallest absolute Gasteiger partial charge is 0.657 e. The Labute approximate surface area is 283 Å². The van der Waals surface area contributed by atoms with Crippen molar-refractivity contribution in [2.45, 2.75) is 59.1 Å². The van der Waals surface area contributed by atoms with Gasteiger partial charge in [0.05, 0.1) is 22.8 Å². The van der Waals surface area contributed by atoms with Crippen molar-refractivity contribution < 1.29 is 36.9 Å². The molecule has 45 heavy (non-hydrogen) atoms. The van der Waals surface area contributed by atoms with E-state index < -0.39 is 11.9 Å². The zero-order chi connectivity index (χ0) is 31.9. The molecule has 0 aliphatic carbocycles. The van der Waals surface area contributed by atoms with Crippen LogP contribution in [0.25, 0.3) is 44.4 Å². The molecule has 2 aliphatic rings. The Morgan fingerprint density at radius 2 is 1.33 bits per heavy atom. The van der Waals surface area contributed by atoms with Gasteiger partial charge in [-0.15, -0.1) is 22.1 Å². The number of allylic oxidation sites excluding steroid dienone is 4. The summed E-state index contributed by atoms with van der Waals surface area (Å²) in [5, 5.41) is 18.8. The molecule has 2 N–H and O–H groups in total. The largest absolute Gasteiger partial charge is 2.00 e. The van der Waals surface area contributed by atoms with Gasteiger partial charge in [-0.25, -0.2) is 14.8 Å². The summed E-state index contributed by atoms with van der Waals surface area (Å²) < 4.78 is 0. The van der Waals surface area contributed by atoms with Crippen molar-refractivity contribution >= 4 is 81.6 Å². The van der Waals surface area contributed by atoms with Crippen molar-refractivity contribution in [1.29, 1.82) is 0 Å². The van der Waals surface area contributed by atoms with Crippen molar-refractivity contribution in [1.82, 2.24) is 19.9 Å². The van der Waals surface area contributed by atoms with E-state index in [-0.39, 0.29) is 35.2 Å². The van der Waals surface area contributed by atoms with E-state index in [1.54, 1.807) is 0 Å². The second-order valence-electron chi connectivity index (χ2n) is 11.1. The minimum Gasteiger partial charge on any atom is -0.657 e. The van der Waals surface area contributed by atoms with E-state index in [0.717, 1.165) is 67.5 Å². The summed E-state index contributed by atoms with van der Waals surface area (Å²) in [4.78, 5) is 43.0. The summed E-state index contributed by atoms with van der Waals surface area (Å²) in [7, 11) is 0. The van der Waals surface area contributed by atoms with Crippen LogP contribution in [0.4, 0.5) is 0 Å². The fourth-order valence-electron chi connectivity index (χ4n) is 5.87. The fourth-order valence-corrected chi connectivity index (χ4v) is 6.42. The topological polar surface area (TPSA) is 129 Å². The molecule has 0 unspecified atom stereocenters. The van der Waals surface area contributed by atoms with Crippen LogP contribution in [-0.2, 0) is 39.5 Å². The first kappa shape index (κ1) is 34.4. The van der Waals surface area contributed by atoms with E-state index in [2.05, 4.69) is 19.6 Å². The molecule has 0 saturated carbocycles. The Morgan fingerprint density at radius 3 is 1.89 bits per heavy atom. The van der Waals surface area contributed by atoms with Gasteiger partial charge in [-0.3, -0.25) is 4.79 Å². The molecule has 8 bridgehead atoms. The molecule has 2 aliphatic heterocycles. The van der Waals surface area contributed by atoms with Crippen LogP contribution >= 0.6 is 25.3 Å². The maximum atomic E-state index is 11.6. The number of carboxylic acid groups (broad SMARTS) is 2. The number of carboxylic acids is 2. The van der Waals surface area contributed by atoms with Gasteiger partial charge in [0.2, 0.25) is 0 Å². The van der Waals surface area contributed by atoms with Gasteiger partial charge in [0.15, 0.2) is 0 Å². The van der Waals surface area contributed by atoms with Gasteiger partial charge >= 0.3 is 29.0 Å². The quantitative estimate of drug-likeness (QED) is 0.121. The third-order valence-corrected chi connectivity index (χ3v) is 8.72. The Balaban J connectivity index is 0.00000461. The van der Waals surface area contributed by atoms with Crippen LogP contribution in [0.3, 0.4) is 0 Å². The number of thiol groups is 2. The first-order chi connectivity index (χ1) is 20.9. The predicted octanol–water partition coefficient (Wildman–Crippen LogP) is 6.50. The third-order valence-electron chi connectivity index (χ3n) is 8.24. The predicted molar refractivity (Wildman–Crippen MR) is 182 cm³/mol. The van der Waals surface area contributed by atoms with Gasteiger partial charge in [0, 0.05) is 23.3 Å². The van der Waals surface area contributed by atoms with Crippen molar-refractivity contribution in [3.8, 4) is 0 Å². The molecule has 0 amide bonds. The van der Waals surface area contributed by atoms with Gasteiger partial charge in [0.25, 0.3) is 0 Å². The van der Waals surface area contributed by atoms with Crippen LogP contribution in [-0.4, -0.2) is 43.1 Å². The molecule has 0 aromatic carbocycles. The zero-order valence-electron chi connectivity index (χ0n) is 25.6. The first-order valence-electron chi connectivity index (χ1n) is 14.4. The molecule has 0 fully saturated rings. The average Bonchev–Trinajstić information content (AvgIpc) is 3.61. The normalized spacial score (nSPS) is 13.8. The van der Waals surface area contributed by atoms with E-state index in [1.165, 1.54) is 6.08 Å². The number of aliphatic carboxylic acids is 2. The molecule has 11 heteroatoms. The number of hydrogen-bond acceptors (Lipinski definition) is 6. The Bertz CT molecular complexity index is 1970. The van der Waals surface area contributed by atoms with Crippen LogP contribution in [0.5, 0.6) is 0 Å². The number of nitrogens with zero attached hydrogens (tertiary/aromatic N) is 4. The standard InChI is InChI=1S/C34H36N4O4S2.Fe/c1-16-21(6-8-32(39)40)29-15-30-22(7-9-33(41)42)17(2)25(36-30)13-28-23(10-11-43)18(3)26(37-28)14-31-34(20(5)44)19(4)27(38-31)12-24(16)35-29;/h7,9,12-15,20H,6,8,10-11H2,1-5H3,(H6,35,36,37,38,39,40,41,42,43,44);/q;+2/p-2/b9-7+,24-12?,25-13?,26-14?,27-12?,28-13?,29-15?,30-15?,31-14?;/t20-;/m0./s1. The van der Waals surface area contributed by atoms with Crippen molar-refractivity contribution in [3.05, 3.63) is 81.4 Å². The summed E-state index contributed by atoms with van der Waals surface area (Å²) in [6.07, 6.45) is 3.56. The van der Waals surface area contributed by atoms with E-state index in [9.17, 15) is 19.8 Å². The molecule has 5 heterocycles. The van der Waals surface area contributed by atoms with Gasteiger partial charge in [-0.1, -0.05) is 46.5 Å². The summed E-state index contributed by atoms with van der Waals surface area (Å²) in [5.74, 6) is -1.33. The molecule has 0 spiro atoms. The molecule has 8 nitrogen and oxygen atoms in total. The Kier molecular flexibility index (Phi) is 10.6. The summed E-state index contributed by atoms with van der Waals surface area (Å²) in [6.45, 7) is 9.94. The molecule has 0 radical (unpaired) electrons. The van der Waals surface area contributed by atoms with Gasteiger partial charge in [-0.05, 0) is 76.0 Å². The molecule has 1 atom stereocenters.